The highest BCUT2D eigenvalue weighted by molar-refractivity contribution is 7.09. The number of aromatic nitrogens is 1. The first-order valence-corrected chi connectivity index (χ1v) is 8.42. The fourth-order valence-corrected chi connectivity index (χ4v) is 2.89. The quantitative estimate of drug-likeness (QED) is 0.658. The summed E-state index contributed by atoms with van der Waals surface area (Å²) >= 11 is 1.81. The van der Waals surface area contributed by atoms with Crippen LogP contribution in [0.3, 0.4) is 0 Å². The van der Waals surface area contributed by atoms with Crippen LogP contribution in [0.1, 0.15) is 16.1 Å². The molecule has 0 fully saturated rings. The van der Waals surface area contributed by atoms with Gasteiger partial charge in [-0.15, -0.1) is 11.3 Å². The SMILES string of the molecule is CN=C(NCCc1ccc(C)nc1)N(C)CCc1cccs1. The Morgan fingerprint density at radius 3 is 2.82 bits per heavy atom. The summed E-state index contributed by atoms with van der Waals surface area (Å²) in [4.78, 5) is 12.3. The van der Waals surface area contributed by atoms with E-state index in [2.05, 4.69) is 56.9 Å². The number of aliphatic imine (C=N–C) groups is 1. The van der Waals surface area contributed by atoms with Crippen molar-refractivity contribution in [2.75, 3.05) is 27.2 Å². The number of rotatable bonds is 6. The fraction of sp³-hybridized carbons (Fsp3) is 0.412. The minimum Gasteiger partial charge on any atom is -0.356 e. The van der Waals surface area contributed by atoms with E-state index < -0.39 is 0 Å². The number of hydrogen-bond acceptors (Lipinski definition) is 3. The van der Waals surface area contributed by atoms with Crippen LogP contribution in [0.2, 0.25) is 0 Å². The van der Waals surface area contributed by atoms with Crippen LogP contribution in [0, 0.1) is 6.92 Å². The lowest BCUT2D eigenvalue weighted by atomic mass is 10.2. The van der Waals surface area contributed by atoms with Gasteiger partial charge < -0.3 is 10.2 Å². The fourth-order valence-electron chi connectivity index (χ4n) is 2.19. The first-order chi connectivity index (χ1) is 10.7. The molecule has 22 heavy (non-hydrogen) atoms. The van der Waals surface area contributed by atoms with E-state index in [1.54, 1.807) is 11.3 Å². The maximum Gasteiger partial charge on any atom is 0.193 e. The molecule has 0 amide bonds. The summed E-state index contributed by atoms with van der Waals surface area (Å²) in [5.41, 5.74) is 2.30. The van der Waals surface area contributed by atoms with Crippen molar-refractivity contribution in [2.45, 2.75) is 19.8 Å². The number of thiophene rings is 1. The van der Waals surface area contributed by atoms with Gasteiger partial charge in [-0.3, -0.25) is 9.98 Å². The van der Waals surface area contributed by atoms with Gasteiger partial charge in [-0.2, -0.15) is 0 Å². The zero-order valence-electron chi connectivity index (χ0n) is 13.5. The molecule has 2 aromatic heterocycles. The van der Waals surface area contributed by atoms with Crippen molar-refractivity contribution in [3.63, 3.8) is 0 Å². The Morgan fingerprint density at radius 1 is 1.32 bits per heavy atom. The third-order valence-corrected chi connectivity index (χ3v) is 4.45. The van der Waals surface area contributed by atoms with Gasteiger partial charge in [-0.25, -0.2) is 0 Å². The van der Waals surface area contributed by atoms with Crippen LogP contribution >= 0.6 is 11.3 Å². The van der Waals surface area contributed by atoms with E-state index in [1.165, 1.54) is 10.4 Å². The maximum atomic E-state index is 4.35. The highest BCUT2D eigenvalue weighted by Crippen LogP contribution is 2.09. The zero-order valence-corrected chi connectivity index (χ0v) is 14.4. The predicted octanol–water partition coefficient (Wildman–Crippen LogP) is 2.74. The molecule has 0 atom stereocenters. The lowest BCUT2D eigenvalue weighted by Gasteiger charge is -2.21. The van der Waals surface area contributed by atoms with Crippen LogP contribution in [0.4, 0.5) is 0 Å². The number of pyridine rings is 1. The van der Waals surface area contributed by atoms with E-state index in [1.807, 2.05) is 20.2 Å². The largest absolute Gasteiger partial charge is 0.356 e. The van der Waals surface area contributed by atoms with Crippen molar-refractivity contribution >= 4 is 17.3 Å². The number of likely N-dealkylation sites (N-methyl/N-ethyl adjacent to an activating group) is 1. The van der Waals surface area contributed by atoms with Crippen LogP contribution in [0.25, 0.3) is 0 Å². The number of hydrogen-bond donors (Lipinski definition) is 1. The van der Waals surface area contributed by atoms with Crippen molar-refractivity contribution in [3.05, 3.63) is 52.0 Å². The van der Waals surface area contributed by atoms with Crippen molar-refractivity contribution in [1.29, 1.82) is 0 Å². The molecule has 2 heterocycles. The second kappa shape index (κ2) is 8.54. The monoisotopic (exact) mass is 316 g/mol. The summed E-state index contributed by atoms with van der Waals surface area (Å²) in [5, 5.41) is 5.54. The molecule has 2 aromatic rings. The Hall–Kier alpha value is -1.88. The highest BCUT2D eigenvalue weighted by Gasteiger charge is 2.06. The Labute approximate surface area is 136 Å². The first kappa shape index (κ1) is 16.5. The normalized spacial score (nSPS) is 11.5. The molecule has 0 saturated carbocycles. The van der Waals surface area contributed by atoms with Crippen LogP contribution in [-0.4, -0.2) is 43.0 Å². The Balaban J connectivity index is 1.75. The van der Waals surface area contributed by atoms with E-state index in [0.717, 1.165) is 37.6 Å². The first-order valence-electron chi connectivity index (χ1n) is 7.54. The van der Waals surface area contributed by atoms with Gasteiger partial charge in [0.1, 0.15) is 0 Å². The summed E-state index contributed by atoms with van der Waals surface area (Å²) in [5.74, 6) is 0.941. The minimum absolute atomic E-state index is 0.862. The smallest absolute Gasteiger partial charge is 0.193 e. The molecule has 0 radical (unpaired) electrons. The van der Waals surface area contributed by atoms with E-state index >= 15 is 0 Å². The summed E-state index contributed by atoms with van der Waals surface area (Å²) in [6.07, 6.45) is 3.95. The lowest BCUT2D eigenvalue weighted by molar-refractivity contribution is 0.487. The third kappa shape index (κ3) is 5.15. The Kier molecular flexibility index (Phi) is 6.40. The molecule has 0 aromatic carbocycles. The second-order valence-corrected chi connectivity index (χ2v) is 6.31. The van der Waals surface area contributed by atoms with Crippen LogP contribution in [0.5, 0.6) is 0 Å². The average molecular weight is 316 g/mol. The number of nitrogens with one attached hydrogen (secondary N) is 1. The van der Waals surface area contributed by atoms with E-state index in [9.17, 15) is 0 Å². The van der Waals surface area contributed by atoms with Crippen LogP contribution in [0.15, 0.2) is 40.8 Å². The molecule has 0 unspecified atom stereocenters. The van der Waals surface area contributed by atoms with Crippen LogP contribution in [-0.2, 0) is 12.8 Å². The van der Waals surface area contributed by atoms with Crippen molar-refractivity contribution in [2.24, 2.45) is 4.99 Å². The summed E-state index contributed by atoms with van der Waals surface area (Å²) < 4.78 is 0. The highest BCUT2D eigenvalue weighted by atomic mass is 32.1. The van der Waals surface area contributed by atoms with Gasteiger partial charge in [0.2, 0.25) is 0 Å². The van der Waals surface area contributed by atoms with Gasteiger partial charge in [0.25, 0.3) is 0 Å². The van der Waals surface area contributed by atoms with E-state index in [0.29, 0.717) is 0 Å². The molecule has 0 aliphatic rings. The van der Waals surface area contributed by atoms with Gasteiger partial charge in [-0.1, -0.05) is 12.1 Å². The van der Waals surface area contributed by atoms with Crippen molar-refractivity contribution in [3.8, 4) is 0 Å². The topological polar surface area (TPSA) is 40.5 Å². The zero-order chi connectivity index (χ0) is 15.8. The summed E-state index contributed by atoms with van der Waals surface area (Å²) in [6.45, 7) is 3.83. The second-order valence-electron chi connectivity index (χ2n) is 5.28. The predicted molar refractivity (Wildman–Crippen MR) is 94.7 cm³/mol. The Morgan fingerprint density at radius 2 is 2.18 bits per heavy atom. The molecule has 1 N–H and O–H groups in total. The molecule has 4 nitrogen and oxygen atoms in total. The van der Waals surface area contributed by atoms with E-state index in [4.69, 9.17) is 0 Å². The molecular weight excluding hydrogens is 292 g/mol. The molecule has 0 bridgehead atoms. The van der Waals surface area contributed by atoms with Crippen molar-refractivity contribution in [1.82, 2.24) is 15.2 Å². The van der Waals surface area contributed by atoms with Gasteiger partial charge in [0.15, 0.2) is 5.96 Å². The molecule has 0 aliphatic carbocycles. The number of nitrogens with zero attached hydrogens (tertiary/aromatic N) is 3. The van der Waals surface area contributed by atoms with Crippen molar-refractivity contribution < 1.29 is 0 Å². The lowest BCUT2D eigenvalue weighted by Crippen LogP contribution is -2.40. The Bertz CT molecular complexity index is 575. The van der Waals surface area contributed by atoms with Crippen LogP contribution < -0.4 is 5.32 Å². The molecular formula is C17H24N4S. The molecule has 0 spiro atoms. The van der Waals surface area contributed by atoms with Gasteiger partial charge >= 0.3 is 0 Å². The number of aryl methyl sites for hydroxylation is 1. The van der Waals surface area contributed by atoms with Gasteiger partial charge in [0.05, 0.1) is 0 Å². The standard InChI is InChI=1S/C17H24N4S/c1-14-6-7-15(13-20-14)8-10-19-17(18-2)21(3)11-9-16-5-4-12-22-16/h4-7,12-13H,8-11H2,1-3H3,(H,18,19). The molecule has 118 valence electrons. The molecule has 2 rings (SSSR count). The van der Waals surface area contributed by atoms with E-state index in [-0.39, 0.29) is 0 Å². The molecule has 0 aliphatic heterocycles. The average Bonchev–Trinajstić information content (AvgIpc) is 3.04. The molecule has 5 heteroatoms. The maximum absolute atomic E-state index is 4.35. The number of guanidine groups is 1. The summed E-state index contributed by atoms with van der Waals surface area (Å²) in [6, 6.07) is 8.46. The molecule has 0 saturated heterocycles. The minimum atomic E-state index is 0.862. The summed E-state index contributed by atoms with van der Waals surface area (Å²) in [7, 11) is 3.91. The van der Waals surface area contributed by atoms with Gasteiger partial charge in [0, 0.05) is 44.0 Å². The van der Waals surface area contributed by atoms with Gasteiger partial charge in [-0.05, 0) is 42.8 Å². The third-order valence-electron chi connectivity index (χ3n) is 3.52.